The van der Waals surface area contributed by atoms with Crippen LogP contribution in [-0.4, -0.2) is 46.0 Å². The van der Waals surface area contributed by atoms with Crippen LogP contribution in [-0.2, 0) is 16.3 Å². The van der Waals surface area contributed by atoms with Gasteiger partial charge in [-0.25, -0.2) is 8.42 Å². The smallest absolute Gasteiger partial charge is 0.190 e. The van der Waals surface area contributed by atoms with Crippen LogP contribution in [0.15, 0.2) is 29.3 Å². The van der Waals surface area contributed by atoms with E-state index in [9.17, 15) is 8.42 Å². The monoisotopic (exact) mass is 493 g/mol. The number of guanidine groups is 1. The average molecular weight is 493 g/mol. The topological polar surface area (TPSA) is 70.6 Å². The fraction of sp³-hybridized carbons (Fsp3) is 0.632. The third kappa shape index (κ3) is 7.82. The SMILES string of the molecule is CN=C(NCCCc1ccc(C(C)C)cc1)NCC1CCS(=O)(=O)C1.I. The lowest BCUT2D eigenvalue weighted by Crippen LogP contribution is -2.40. The highest BCUT2D eigenvalue weighted by Crippen LogP contribution is 2.17. The maximum Gasteiger partial charge on any atom is 0.190 e. The van der Waals surface area contributed by atoms with Gasteiger partial charge in [0, 0.05) is 20.1 Å². The molecular weight excluding hydrogens is 461 g/mol. The number of aliphatic imine (C=N–C) groups is 1. The van der Waals surface area contributed by atoms with Crippen molar-refractivity contribution in [1.82, 2.24) is 10.6 Å². The van der Waals surface area contributed by atoms with E-state index >= 15 is 0 Å². The van der Waals surface area contributed by atoms with E-state index in [1.54, 1.807) is 7.05 Å². The summed E-state index contributed by atoms with van der Waals surface area (Å²) in [5, 5.41) is 6.55. The molecule has 1 fully saturated rings. The lowest BCUT2D eigenvalue weighted by Gasteiger charge is -2.14. The van der Waals surface area contributed by atoms with Crippen LogP contribution in [0, 0.1) is 5.92 Å². The highest BCUT2D eigenvalue weighted by molar-refractivity contribution is 14.0. The lowest BCUT2D eigenvalue weighted by molar-refractivity contribution is 0.566. The largest absolute Gasteiger partial charge is 0.356 e. The summed E-state index contributed by atoms with van der Waals surface area (Å²) in [6.45, 7) is 5.92. The summed E-state index contributed by atoms with van der Waals surface area (Å²) in [4.78, 5) is 4.21. The van der Waals surface area contributed by atoms with Gasteiger partial charge < -0.3 is 10.6 Å². The molecule has 1 unspecified atom stereocenters. The number of sulfone groups is 1. The van der Waals surface area contributed by atoms with Gasteiger partial charge >= 0.3 is 0 Å². The second-order valence-corrected chi connectivity index (χ2v) is 9.38. The van der Waals surface area contributed by atoms with Crippen LogP contribution in [0.2, 0.25) is 0 Å². The van der Waals surface area contributed by atoms with Crippen molar-refractivity contribution < 1.29 is 8.42 Å². The van der Waals surface area contributed by atoms with Gasteiger partial charge in [-0.2, -0.15) is 0 Å². The molecule has 26 heavy (non-hydrogen) atoms. The van der Waals surface area contributed by atoms with Crippen molar-refractivity contribution in [2.24, 2.45) is 10.9 Å². The van der Waals surface area contributed by atoms with Crippen LogP contribution in [0.1, 0.15) is 43.7 Å². The molecule has 1 aromatic rings. The number of halogens is 1. The molecule has 1 saturated heterocycles. The summed E-state index contributed by atoms with van der Waals surface area (Å²) in [6, 6.07) is 8.85. The van der Waals surface area contributed by atoms with Crippen molar-refractivity contribution in [2.45, 2.75) is 39.0 Å². The second kappa shape index (κ2) is 11.1. The molecule has 1 aliphatic rings. The molecule has 0 saturated carbocycles. The fourth-order valence-electron chi connectivity index (χ4n) is 3.06. The number of benzene rings is 1. The van der Waals surface area contributed by atoms with Crippen LogP contribution in [0.5, 0.6) is 0 Å². The van der Waals surface area contributed by atoms with Crippen LogP contribution >= 0.6 is 24.0 Å². The van der Waals surface area contributed by atoms with Gasteiger partial charge in [-0.05, 0) is 42.2 Å². The molecule has 2 rings (SSSR count). The number of nitrogens with one attached hydrogen (secondary N) is 2. The third-order valence-corrected chi connectivity index (χ3v) is 6.53. The summed E-state index contributed by atoms with van der Waals surface area (Å²) in [5.74, 6) is 2.13. The van der Waals surface area contributed by atoms with E-state index < -0.39 is 9.84 Å². The van der Waals surface area contributed by atoms with Crippen molar-refractivity contribution in [3.8, 4) is 0 Å². The lowest BCUT2D eigenvalue weighted by atomic mass is 10.0. The van der Waals surface area contributed by atoms with Gasteiger partial charge in [-0.1, -0.05) is 38.1 Å². The van der Waals surface area contributed by atoms with E-state index in [4.69, 9.17) is 0 Å². The van der Waals surface area contributed by atoms with Crippen molar-refractivity contribution in [3.63, 3.8) is 0 Å². The van der Waals surface area contributed by atoms with Gasteiger partial charge in [-0.3, -0.25) is 4.99 Å². The minimum Gasteiger partial charge on any atom is -0.356 e. The van der Waals surface area contributed by atoms with E-state index in [1.807, 2.05) is 0 Å². The molecule has 1 atom stereocenters. The Balaban J connectivity index is 0.00000338. The first-order valence-corrected chi connectivity index (χ1v) is 11.0. The Morgan fingerprint density at radius 3 is 2.46 bits per heavy atom. The van der Waals surface area contributed by atoms with Gasteiger partial charge in [0.15, 0.2) is 15.8 Å². The van der Waals surface area contributed by atoms with Gasteiger partial charge in [0.1, 0.15) is 0 Å². The maximum atomic E-state index is 11.5. The molecule has 0 aromatic heterocycles. The number of nitrogens with zero attached hydrogens (tertiary/aromatic N) is 1. The average Bonchev–Trinajstić information content (AvgIpc) is 2.93. The summed E-state index contributed by atoms with van der Waals surface area (Å²) in [7, 11) is -1.07. The van der Waals surface area contributed by atoms with E-state index in [1.165, 1.54) is 11.1 Å². The minimum absolute atomic E-state index is 0. The van der Waals surface area contributed by atoms with Gasteiger partial charge in [0.05, 0.1) is 11.5 Å². The summed E-state index contributed by atoms with van der Waals surface area (Å²) >= 11 is 0. The number of aryl methyl sites for hydroxylation is 1. The molecule has 0 spiro atoms. The second-order valence-electron chi connectivity index (χ2n) is 7.15. The summed E-state index contributed by atoms with van der Waals surface area (Å²) in [5.41, 5.74) is 2.73. The number of hydrogen-bond acceptors (Lipinski definition) is 3. The van der Waals surface area contributed by atoms with Crippen LogP contribution in [0.25, 0.3) is 0 Å². The molecular formula is C19H32IN3O2S. The van der Waals surface area contributed by atoms with Gasteiger partial charge in [0.2, 0.25) is 0 Å². The van der Waals surface area contributed by atoms with E-state index in [0.29, 0.717) is 24.0 Å². The van der Waals surface area contributed by atoms with Crippen molar-refractivity contribution in [1.29, 1.82) is 0 Å². The highest BCUT2D eigenvalue weighted by atomic mass is 127. The van der Waals surface area contributed by atoms with Gasteiger partial charge in [0.25, 0.3) is 0 Å². The maximum absolute atomic E-state index is 11.5. The first-order chi connectivity index (χ1) is 11.9. The van der Waals surface area contributed by atoms with Crippen molar-refractivity contribution >= 4 is 39.8 Å². The Kier molecular flexibility index (Phi) is 9.92. The van der Waals surface area contributed by atoms with E-state index in [2.05, 4.69) is 53.7 Å². The standard InChI is InChI=1S/C19H31N3O2S.HI/c1-15(2)18-8-6-16(7-9-18)5-4-11-21-19(20-3)22-13-17-10-12-25(23,24)14-17;/h6-9,15,17H,4-5,10-14H2,1-3H3,(H2,20,21,22);1H. The Morgan fingerprint density at radius 2 is 1.92 bits per heavy atom. The van der Waals surface area contributed by atoms with Gasteiger partial charge in [-0.15, -0.1) is 24.0 Å². The molecule has 7 heteroatoms. The van der Waals surface area contributed by atoms with Crippen LogP contribution in [0.4, 0.5) is 0 Å². The van der Waals surface area contributed by atoms with E-state index in [0.717, 1.165) is 31.8 Å². The Bertz CT molecular complexity index is 673. The van der Waals surface area contributed by atoms with Crippen molar-refractivity contribution in [3.05, 3.63) is 35.4 Å². The molecule has 1 heterocycles. The molecule has 2 N–H and O–H groups in total. The zero-order chi connectivity index (χ0) is 18.3. The third-order valence-electron chi connectivity index (χ3n) is 4.69. The van der Waals surface area contributed by atoms with E-state index in [-0.39, 0.29) is 29.9 Å². The fourth-order valence-corrected chi connectivity index (χ4v) is 4.92. The Morgan fingerprint density at radius 1 is 1.23 bits per heavy atom. The predicted molar refractivity (Wildman–Crippen MR) is 120 cm³/mol. The zero-order valence-corrected chi connectivity index (χ0v) is 19.1. The molecule has 0 amide bonds. The summed E-state index contributed by atoms with van der Waals surface area (Å²) in [6.07, 6.45) is 2.81. The molecule has 148 valence electrons. The van der Waals surface area contributed by atoms with Crippen LogP contribution < -0.4 is 10.6 Å². The van der Waals surface area contributed by atoms with Crippen LogP contribution in [0.3, 0.4) is 0 Å². The predicted octanol–water partition coefficient (Wildman–Crippen LogP) is 2.96. The normalized spacial score (nSPS) is 19.2. The summed E-state index contributed by atoms with van der Waals surface area (Å²) < 4.78 is 23.0. The molecule has 1 aliphatic heterocycles. The molecule has 1 aromatic carbocycles. The van der Waals surface area contributed by atoms with Crippen molar-refractivity contribution in [2.75, 3.05) is 31.6 Å². The number of hydrogen-bond donors (Lipinski definition) is 2. The number of rotatable bonds is 7. The Labute approximate surface area is 175 Å². The molecule has 0 bridgehead atoms. The molecule has 0 radical (unpaired) electrons. The first-order valence-electron chi connectivity index (χ1n) is 9.13. The quantitative estimate of drug-likeness (QED) is 0.265. The highest BCUT2D eigenvalue weighted by Gasteiger charge is 2.27. The zero-order valence-electron chi connectivity index (χ0n) is 16.0. The molecule has 5 nitrogen and oxygen atoms in total. The first kappa shape index (κ1) is 23.2. The minimum atomic E-state index is -2.81. The Hall–Kier alpha value is -0.830. The molecule has 0 aliphatic carbocycles.